The molecule has 0 amide bonds. The molecule has 0 bridgehead atoms. The first-order chi connectivity index (χ1) is 4.12. The summed E-state index contributed by atoms with van der Waals surface area (Å²) in [4.78, 5) is 0. The van der Waals surface area contributed by atoms with Crippen molar-refractivity contribution in [3.05, 3.63) is 0 Å². The summed E-state index contributed by atoms with van der Waals surface area (Å²) in [5, 5.41) is 0. The van der Waals surface area contributed by atoms with E-state index in [-0.39, 0.29) is 0 Å². The summed E-state index contributed by atoms with van der Waals surface area (Å²) in [5.74, 6) is -2.07. The molecule has 0 aliphatic heterocycles. The molecule has 0 radical (unpaired) electrons. The molecule has 0 aromatic heterocycles. The Balaban J connectivity index is 3.33. The molecule has 0 heterocycles. The van der Waals surface area contributed by atoms with Gasteiger partial charge in [0.15, 0.2) is 0 Å². The van der Waals surface area contributed by atoms with E-state index in [1.165, 1.54) is 0 Å². The van der Waals surface area contributed by atoms with Gasteiger partial charge in [0.1, 0.15) is 0 Å². The summed E-state index contributed by atoms with van der Waals surface area (Å²) >= 11 is 6.59. The maximum absolute atomic E-state index is 5.28. The van der Waals surface area contributed by atoms with E-state index in [2.05, 4.69) is 37.5 Å². The molecule has 0 atom stereocenters. The quantitative estimate of drug-likeness (QED) is 0.580. The van der Waals surface area contributed by atoms with Crippen molar-refractivity contribution in [2.75, 3.05) is 13.7 Å². The lowest BCUT2D eigenvalue weighted by Crippen LogP contribution is -2.26. The van der Waals surface area contributed by atoms with Gasteiger partial charge in [0.25, 0.3) is 0 Å². The molecule has 0 saturated carbocycles. The van der Waals surface area contributed by atoms with E-state index in [9.17, 15) is 0 Å². The summed E-state index contributed by atoms with van der Waals surface area (Å²) in [5.41, 5.74) is 0. The van der Waals surface area contributed by atoms with Gasteiger partial charge < -0.3 is 8.85 Å². The van der Waals surface area contributed by atoms with Gasteiger partial charge in [-0.2, -0.15) is 0 Å². The Morgan fingerprint density at radius 3 is 2.33 bits per heavy atom. The molecule has 9 heavy (non-hydrogen) atoms. The van der Waals surface area contributed by atoms with Crippen molar-refractivity contribution in [1.29, 1.82) is 0 Å². The van der Waals surface area contributed by atoms with Crippen LogP contribution in [0.3, 0.4) is 0 Å². The van der Waals surface area contributed by atoms with Crippen LogP contribution in [0.25, 0.3) is 0 Å². The number of hydrogen-bond acceptors (Lipinski definition) is 2. The normalized spacial score (nSPS) is 12.0. The minimum Gasteiger partial charge on any atom is -0.382 e. The molecule has 0 aromatic rings. The van der Waals surface area contributed by atoms with E-state index in [0.29, 0.717) is 0 Å². The Morgan fingerprint density at radius 1 is 1.44 bits per heavy atom. The Labute approximate surface area is 72.3 Å². The molecule has 0 fully saturated rings. The van der Waals surface area contributed by atoms with Crippen LogP contribution < -0.4 is 0 Å². The van der Waals surface area contributed by atoms with Crippen LogP contribution in [0.5, 0.6) is 0 Å². The zero-order chi connectivity index (χ0) is 7.33. The second kappa shape index (κ2) is 4.84. The summed E-state index contributed by atoms with van der Waals surface area (Å²) in [6.07, 6.45) is 1.01. The first-order valence-electron chi connectivity index (χ1n) is 2.69. The largest absolute Gasteiger partial charge is 0.490 e. The molecule has 0 aliphatic carbocycles. The Bertz CT molecular complexity index is 79.0. The molecule has 5 heteroatoms. The van der Waals surface area contributed by atoms with Gasteiger partial charge in [-0.1, -0.05) is 6.92 Å². The SMILES string of the molecule is CCCO[Si](Br)(Br)OC. The third kappa shape index (κ3) is 5.54. The van der Waals surface area contributed by atoms with Crippen LogP contribution in [0.4, 0.5) is 0 Å². The van der Waals surface area contributed by atoms with E-state index in [4.69, 9.17) is 8.85 Å². The Kier molecular flexibility index (Phi) is 5.43. The van der Waals surface area contributed by atoms with Crippen molar-refractivity contribution in [2.45, 2.75) is 13.3 Å². The molecule has 56 valence electrons. The number of halogens is 2. The molecule has 2 nitrogen and oxygen atoms in total. The monoisotopic (exact) mass is 276 g/mol. The van der Waals surface area contributed by atoms with Crippen LogP contribution >= 0.6 is 30.6 Å². The van der Waals surface area contributed by atoms with Crippen molar-refractivity contribution in [2.24, 2.45) is 0 Å². The van der Waals surface area contributed by atoms with Gasteiger partial charge in [0.2, 0.25) is 0 Å². The maximum atomic E-state index is 5.28. The van der Waals surface area contributed by atoms with Crippen LogP contribution in [0.1, 0.15) is 13.3 Å². The highest BCUT2D eigenvalue weighted by Crippen LogP contribution is 2.21. The Hall–Kier alpha value is 1.10. The molecule has 0 unspecified atom stereocenters. The summed E-state index contributed by atoms with van der Waals surface area (Å²) in [7, 11) is 1.62. The smallest absolute Gasteiger partial charge is 0.382 e. The fourth-order valence-electron chi connectivity index (χ4n) is 0.280. The first kappa shape index (κ1) is 10.1. The number of rotatable bonds is 4. The average Bonchev–Trinajstić information content (AvgIpc) is 1.84. The zero-order valence-corrected chi connectivity index (χ0v) is 9.66. The average molecular weight is 278 g/mol. The third-order valence-electron chi connectivity index (χ3n) is 0.712. The molecular weight excluding hydrogens is 268 g/mol. The van der Waals surface area contributed by atoms with Crippen LogP contribution in [-0.2, 0) is 8.85 Å². The van der Waals surface area contributed by atoms with E-state index < -0.39 is 5.80 Å². The van der Waals surface area contributed by atoms with Gasteiger partial charge in [-0.3, -0.25) is 0 Å². The predicted molar refractivity (Wildman–Crippen MR) is 46.9 cm³/mol. The molecule has 0 aromatic carbocycles. The van der Waals surface area contributed by atoms with E-state index >= 15 is 0 Å². The summed E-state index contributed by atoms with van der Waals surface area (Å²) in [6.45, 7) is 2.79. The van der Waals surface area contributed by atoms with E-state index in [0.717, 1.165) is 13.0 Å². The van der Waals surface area contributed by atoms with Crippen molar-refractivity contribution in [3.8, 4) is 0 Å². The lowest BCUT2D eigenvalue weighted by molar-refractivity contribution is 0.244. The summed E-state index contributed by atoms with van der Waals surface area (Å²) in [6, 6.07) is 0. The molecule has 0 aliphatic rings. The highest BCUT2D eigenvalue weighted by molar-refractivity contribution is 9.50. The second-order valence-corrected chi connectivity index (χ2v) is 12.6. The van der Waals surface area contributed by atoms with Crippen molar-refractivity contribution in [3.63, 3.8) is 0 Å². The van der Waals surface area contributed by atoms with Crippen LogP contribution in [0.2, 0.25) is 0 Å². The van der Waals surface area contributed by atoms with Gasteiger partial charge in [-0.05, 0) is 37.0 Å². The minimum atomic E-state index is -2.07. The van der Waals surface area contributed by atoms with Crippen LogP contribution in [-0.4, -0.2) is 19.5 Å². The molecule has 0 spiro atoms. The van der Waals surface area contributed by atoms with Gasteiger partial charge in [-0.15, -0.1) is 0 Å². The van der Waals surface area contributed by atoms with Crippen molar-refractivity contribution >= 4 is 36.4 Å². The van der Waals surface area contributed by atoms with Crippen molar-refractivity contribution in [1.82, 2.24) is 0 Å². The molecule has 0 rings (SSSR count). The fourth-order valence-corrected chi connectivity index (χ4v) is 1.81. The topological polar surface area (TPSA) is 18.5 Å². The van der Waals surface area contributed by atoms with Crippen LogP contribution in [0, 0.1) is 0 Å². The van der Waals surface area contributed by atoms with E-state index in [1.54, 1.807) is 7.11 Å². The van der Waals surface area contributed by atoms with Gasteiger partial charge in [0.05, 0.1) is 0 Å². The van der Waals surface area contributed by atoms with E-state index in [1.807, 2.05) is 0 Å². The predicted octanol–water partition coefficient (Wildman–Crippen LogP) is 2.28. The second-order valence-electron chi connectivity index (χ2n) is 1.52. The molecule has 0 N–H and O–H groups in total. The lowest BCUT2D eigenvalue weighted by Gasteiger charge is -2.14. The first-order valence-corrected chi connectivity index (χ1v) is 9.02. The van der Waals surface area contributed by atoms with Gasteiger partial charge in [0, 0.05) is 13.7 Å². The highest BCUT2D eigenvalue weighted by Gasteiger charge is 2.28. The minimum absolute atomic E-state index is 0.733. The fraction of sp³-hybridized carbons (Fsp3) is 1.00. The standard InChI is InChI=1S/C4H10Br2O2Si/c1-3-4-8-9(5,6)7-2/h3-4H2,1-2H3. The van der Waals surface area contributed by atoms with Crippen LogP contribution in [0.15, 0.2) is 0 Å². The molecular formula is C4H10Br2O2Si. The Morgan fingerprint density at radius 2 is 2.00 bits per heavy atom. The number of hydrogen-bond donors (Lipinski definition) is 0. The summed E-state index contributed by atoms with van der Waals surface area (Å²) < 4.78 is 10.3. The highest BCUT2D eigenvalue weighted by atomic mass is 79.9. The lowest BCUT2D eigenvalue weighted by atomic mass is 10.5. The van der Waals surface area contributed by atoms with Gasteiger partial charge >= 0.3 is 5.80 Å². The van der Waals surface area contributed by atoms with Crippen molar-refractivity contribution < 1.29 is 8.85 Å². The zero-order valence-electron chi connectivity index (χ0n) is 5.49. The molecule has 0 saturated heterocycles. The van der Waals surface area contributed by atoms with Gasteiger partial charge in [-0.25, -0.2) is 0 Å². The maximum Gasteiger partial charge on any atom is 0.490 e. The third-order valence-corrected chi connectivity index (χ3v) is 5.04.